The van der Waals surface area contributed by atoms with Crippen LogP contribution in [0, 0.1) is 5.41 Å². The van der Waals surface area contributed by atoms with E-state index in [1.165, 1.54) is 0 Å². The van der Waals surface area contributed by atoms with Crippen LogP contribution in [0.4, 0.5) is 5.69 Å². The standard InChI is InChI=1S/C15H22N2O3/c1-10(16-8-15(2,3)9-18)11-4-5-13-12(6-11)17-14(19)7-20-13/h4-6,10,16,18H,7-9H2,1-3H3,(H,17,19). The van der Waals surface area contributed by atoms with Crippen LogP contribution in [-0.4, -0.2) is 30.8 Å². The molecule has 1 unspecified atom stereocenters. The molecule has 5 nitrogen and oxygen atoms in total. The van der Waals surface area contributed by atoms with Crippen LogP contribution in [0.15, 0.2) is 18.2 Å². The molecule has 1 aliphatic rings. The molecule has 5 heteroatoms. The fourth-order valence-corrected chi connectivity index (χ4v) is 1.97. The number of benzene rings is 1. The van der Waals surface area contributed by atoms with Crippen LogP contribution < -0.4 is 15.4 Å². The third-order valence-electron chi connectivity index (χ3n) is 3.45. The molecule has 3 N–H and O–H groups in total. The van der Waals surface area contributed by atoms with Gasteiger partial charge in [-0.25, -0.2) is 0 Å². The topological polar surface area (TPSA) is 70.6 Å². The van der Waals surface area contributed by atoms with Gasteiger partial charge in [-0.3, -0.25) is 4.79 Å². The summed E-state index contributed by atoms with van der Waals surface area (Å²) < 4.78 is 5.34. The molecule has 1 heterocycles. The molecule has 0 aliphatic carbocycles. The Morgan fingerprint density at radius 2 is 2.25 bits per heavy atom. The summed E-state index contributed by atoms with van der Waals surface area (Å²) in [6.45, 7) is 7.00. The van der Waals surface area contributed by atoms with Crippen molar-refractivity contribution in [1.29, 1.82) is 0 Å². The molecular weight excluding hydrogens is 256 g/mol. The highest BCUT2D eigenvalue weighted by Crippen LogP contribution is 2.30. The lowest BCUT2D eigenvalue weighted by atomic mass is 9.94. The second-order valence-corrected chi connectivity index (χ2v) is 6.02. The Kier molecular flexibility index (Phi) is 4.30. The molecule has 110 valence electrons. The minimum Gasteiger partial charge on any atom is -0.482 e. The zero-order chi connectivity index (χ0) is 14.8. The molecule has 1 aromatic carbocycles. The molecule has 1 amide bonds. The summed E-state index contributed by atoms with van der Waals surface area (Å²) >= 11 is 0. The van der Waals surface area contributed by atoms with Crippen LogP contribution in [-0.2, 0) is 4.79 Å². The molecule has 1 aliphatic heterocycles. The van der Waals surface area contributed by atoms with Crippen LogP contribution >= 0.6 is 0 Å². The second kappa shape index (κ2) is 5.81. The SMILES string of the molecule is CC(NCC(C)(C)CO)c1ccc2c(c1)NC(=O)CO2. The summed E-state index contributed by atoms with van der Waals surface area (Å²) in [5.74, 6) is 0.577. The van der Waals surface area contributed by atoms with Crippen LogP contribution in [0.3, 0.4) is 0 Å². The van der Waals surface area contributed by atoms with E-state index in [2.05, 4.69) is 17.6 Å². The lowest BCUT2D eigenvalue weighted by molar-refractivity contribution is -0.118. The van der Waals surface area contributed by atoms with Crippen LogP contribution in [0.5, 0.6) is 5.75 Å². The molecule has 1 aromatic rings. The molecule has 0 fully saturated rings. The van der Waals surface area contributed by atoms with Gasteiger partial charge in [0, 0.05) is 24.6 Å². The first-order chi connectivity index (χ1) is 9.41. The second-order valence-electron chi connectivity index (χ2n) is 6.02. The number of aliphatic hydroxyl groups excluding tert-OH is 1. The Morgan fingerprint density at radius 3 is 2.95 bits per heavy atom. The highest BCUT2D eigenvalue weighted by atomic mass is 16.5. The summed E-state index contributed by atoms with van der Waals surface area (Å²) in [5, 5.41) is 15.5. The summed E-state index contributed by atoms with van der Waals surface area (Å²) in [5.41, 5.74) is 1.64. The molecule has 0 aromatic heterocycles. The van der Waals surface area contributed by atoms with Gasteiger partial charge in [-0.1, -0.05) is 19.9 Å². The van der Waals surface area contributed by atoms with E-state index in [9.17, 15) is 9.90 Å². The van der Waals surface area contributed by atoms with E-state index in [4.69, 9.17) is 4.74 Å². The number of carbonyl (C=O) groups excluding carboxylic acids is 1. The third-order valence-corrected chi connectivity index (χ3v) is 3.45. The molecule has 0 bridgehead atoms. The van der Waals surface area contributed by atoms with Crippen molar-refractivity contribution in [2.75, 3.05) is 25.1 Å². The number of hydrogen-bond acceptors (Lipinski definition) is 4. The molecule has 20 heavy (non-hydrogen) atoms. The molecule has 1 atom stereocenters. The van der Waals surface area contributed by atoms with E-state index in [-0.39, 0.29) is 30.6 Å². The average molecular weight is 278 g/mol. The number of aliphatic hydroxyl groups is 1. The highest BCUT2D eigenvalue weighted by Gasteiger charge is 2.20. The Balaban J connectivity index is 2.05. The highest BCUT2D eigenvalue weighted by molar-refractivity contribution is 5.95. The fourth-order valence-electron chi connectivity index (χ4n) is 1.97. The molecule has 0 radical (unpaired) electrons. The summed E-state index contributed by atoms with van der Waals surface area (Å²) in [6, 6.07) is 5.92. The first-order valence-corrected chi connectivity index (χ1v) is 6.82. The van der Waals surface area contributed by atoms with E-state index < -0.39 is 0 Å². The smallest absolute Gasteiger partial charge is 0.262 e. The summed E-state index contributed by atoms with van der Waals surface area (Å²) in [4.78, 5) is 11.3. The van der Waals surface area contributed by atoms with Gasteiger partial charge in [-0.15, -0.1) is 0 Å². The number of fused-ring (bicyclic) bond motifs is 1. The van der Waals surface area contributed by atoms with Crippen molar-refractivity contribution in [1.82, 2.24) is 5.32 Å². The predicted molar refractivity (Wildman–Crippen MR) is 77.9 cm³/mol. The van der Waals surface area contributed by atoms with E-state index in [0.29, 0.717) is 18.0 Å². The average Bonchev–Trinajstić information content (AvgIpc) is 2.44. The molecular formula is C15H22N2O3. The van der Waals surface area contributed by atoms with Gasteiger partial charge < -0.3 is 20.5 Å². The minimum absolute atomic E-state index is 0.0742. The van der Waals surface area contributed by atoms with Gasteiger partial charge in [0.15, 0.2) is 6.61 Å². The van der Waals surface area contributed by atoms with Gasteiger partial charge in [-0.2, -0.15) is 0 Å². The van der Waals surface area contributed by atoms with Gasteiger partial charge >= 0.3 is 0 Å². The first-order valence-electron chi connectivity index (χ1n) is 6.82. The molecule has 0 saturated heterocycles. The zero-order valence-corrected chi connectivity index (χ0v) is 12.2. The van der Waals surface area contributed by atoms with Crippen LogP contribution in [0.1, 0.15) is 32.4 Å². The number of hydrogen-bond donors (Lipinski definition) is 3. The lowest BCUT2D eigenvalue weighted by Gasteiger charge is -2.26. The van der Waals surface area contributed by atoms with Crippen molar-refractivity contribution in [3.8, 4) is 5.75 Å². The Hall–Kier alpha value is -1.59. The largest absolute Gasteiger partial charge is 0.482 e. The maximum Gasteiger partial charge on any atom is 0.262 e. The number of ether oxygens (including phenoxy) is 1. The van der Waals surface area contributed by atoms with Crippen molar-refractivity contribution in [2.24, 2.45) is 5.41 Å². The quantitative estimate of drug-likeness (QED) is 0.766. The van der Waals surface area contributed by atoms with Gasteiger partial charge in [-0.05, 0) is 24.6 Å². The Bertz CT molecular complexity index is 500. The third kappa shape index (κ3) is 3.49. The number of rotatable bonds is 5. The number of amides is 1. The summed E-state index contributed by atoms with van der Waals surface area (Å²) in [6.07, 6.45) is 0. The first kappa shape index (κ1) is 14.8. The maximum atomic E-state index is 11.3. The van der Waals surface area contributed by atoms with Gasteiger partial charge in [0.1, 0.15) is 5.75 Å². The van der Waals surface area contributed by atoms with E-state index in [1.807, 2.05) is 32.0 Å². The lowest BCUT2D eigenvalue weighted by Crippen LogP contribution is -2.34. The Morgan fingerprint density at radius 1 is 1.50 bits per heavy atom. The van der Waals surface area contributed by atoms with Crippen molar-refractivity contribution in [3.63, 3.8) is 0 Å². The van der Waals surface area contributed by atoms with Crippen molar-refractivity contribution >= 4 is 11.6 Å². The maximum absolute atomic E-state index is 11.3. The van der Waals surface area contributed by atoms with Crippen molar-refractivity contribution in [3.05, 3.63) is 23.8 Å². The zero-order valence-electron chi connectivity index (χ0n) is 12.2. The van der Waals surface area contributed by atoms with Crippen LogP contribution in [0.25, 0.3) is 0 Å². The van der Waals surface area contributed by atoms with Gasteiger partial charge in [0.05, 0.1) is 5.69 Å². The monoisotopic (exact) mass is 278 g/mol. The van der Waals surface area contributed by atoms with Crippen molar-refractivity contribution < 1.29 is 14.6 Å². The molecule has 2 rings (SSSR count). The minimum atomic E-state index is -0.153. The number of carbonyl (C=O) groups is 1. The van der Waals surface area contributed by atoms with Crippen LogP contribution in [0.2, 0.25) is 0 Å². The predicted octanol–water partition coefficient (Wildman–Crippen LogP) is 1.69. The fraction of sp³-hybridized carbons (Fsp3) is 0.533. The number of nitrogens with one attached hydrogen (secondary N) is 2. The van der Waals surface area contributed by atoms with E-state index >= 15 is 0 Å². The Labute approximate surface area is 119 Å². The molecule has 0 spiro atoms. The summed E-state index contributed by atoms with van der Waals surface area (Å²) in [7, 11) is 0. The van der Waals surface area contributed by atoms with E-state index in [0.717, 1.165) is 5.56 Å². The van der Waals surface area contributed by atoms with Gasteiger partial charge in [0.25, 0.3) is 5.91 Å². The van der Waals surface area contributed by atoms with Crippen molar-refractivity contribution in [2.45, 2.75) is 26.8 Å². The van der Waals surface area contributed by atoms with Gasteiger partial charge in [0.2, 0.25) is 0 Å². The normalized spacial score (nSPS) is 16.1. The number of anilines is 1. The van der Waals surface area contributed by atoms with E-state index in [1.54, 1.807) is 0 Å². The molecule has 0 saturated carbocycles.